The summed E-state index contributed by atoms with van der Waals surface area (Å²) < 4.78 is 11.3. The molecule has 6 N–H and O–H groups in total. The summed E-state index contributed by atoms with van der Waals surface area (Å²) in [6, 6.07) is -0.830. The van der Waals surface area contributed by atoms with Crippen molar-refractivity contribution >= 4 is 5.91 Å². The number of allylic oxidation sites excluding steroid dienone is 9. The fourth-order valence-electron chi connectivity index (χ4n) is 8.93. The predicted octanol–water partition coefficient (Wildman–Crippen LogP) is 14.3. The number of aliphatic hydroxyl groups excluding tert-OH is 5. The minimum atomic E-state index is -1.58. The molecule has 0 aromatic rings. The van der Waals surface area contributed by atoms with Crippen molar-refractivity contribution in [2.45, 2.75) is 301 Å². The summed E-state index contributed by atoms with van der Waals surface area (Å²) in [5.41, 5.74) is 0. The van der Waals surface area contributed by atoms with Crippen molar-refractivity contribution in [3.8, 4) is 0 Å². The maximum Gasteiger partial charge on any atom is 0.220 e. The van der Waals surface area contributed by atoms with Gasteiger partial charge in [0.2, 0.25) is 5.91 Å². The van der Waals surface area contributed by atoms with Crippen LogP contribution in [0.1, 0.15) is 258 Å². The minimum absolute atomic E-state index is 0.190. The van der Waals surface area contributed by atoms with Crippen LogP contribution in [0.5, 0.6) is 0 Å². The lowest BCUT2D eigenvalue weighted by atomic mass is 9.99. The normalized spacial score (nSPS) is 19.9. The van der Waals surface area contributed by atoms with Gasteiger partial charge in [-0.2, -0.15) is 0 Å². The van der Waals surface area contributed by atoms with E-state index in [-0.39, 0.29) is 12.5 Å². The predicted molar refractivity (Wildman–Crippen MR) is 290 cm³/mol. The van der Waals surface area contributed by atoms with Gasteiger partial charge in [-0.1, -0.05) is 235 Å². The van der Waals surface area contributed by atoms with E-state index in [1.165, 1.54) is 186 Å². The second kappa shape index (κ2) is 49.5. The highest BCUT2D eigenvalue weighted by atomic mass is 16.7. The molecule has 9 heteroatoms. The average molecular weight is 973 g/mol. The number of nitrogens with one attached hydrogen (secondary N) is 1. The molecular weight excluding hydrogens is 863 g/mol. The van der Waals surface area contributed by atoms with Gasteiger partial charge in [0.25, 0.3) is 0 Å². The van der Waals surface area contributed by atoms with Crippen molar-refractivity contribution in [3.63, 3.8) is 0 Å². The van der Waals surface area contributed by atoms with Crippen LogP contribution in [0.3, 0.4) is 0 Å². The van der Waals surface area contributed by atoms with Crippen molar-refractivity contribution in [1.29, 1.82) is 0 Å². The van der Waals surface area contributed by atoms with Crippen molar-refractivity contribution in [3.05, 3.63) is 60.8 Å². The van der Waals surface area contributed by atoms with Crippen molar-refractivity contribution in [1.82, 2.24) is 5.32 Å². The van der Waals surface area contributed by atoms with Gasteiger partial charge >= 0.3 is 0 Å². The maximum absolute atomic E-state index is 13.1. The van der Waals surface area contributed by atoms with Crippen LogP contribution in [0.15, 0.2) is 60.8 Å². The van der Waals surface area contributed by atoms with Gasteiger partial charge in [-0.3, -0.25) is 4.79 Å². The van der Waals surface area contributed by atoms with Gasteiger partial charge < -0.3 is 40.3 Å². The van der Waals surface area contributed by atoms with Gasteiger partial charge in [-0.05, 0) is 77.0 Å². The van der Waals surface area contributed by atoms with Crippen LogP contribution >= 0.6 is 0 Å². The molecule has 0 spiro atoms. The zero-order chi connectivity index (χ0) is 50.1. The lowest BCUT2D eigenvalue weighted by Gasteiger charge is -2.40. The number of ether oxygens (including phenoxy) is 2. The fourth-order valence-corrected chi connectivity index (χ4v) is 8.93. The molecule has 0 bridgehead atoms. The van der Waals surface area contributed by atoms with Crippen LogP contribution in [0.4, 0.5) is 0 Å². The summed E-state index contributed by atoms with van der Waals surface area (Å²) in [4.78, 5) is 13.1. The summed E-state index contributed by atoms with van der Waals surface area (Å²) in [7, 11) is 0. The van der Waals surface area contributed by atoms with Gasteiger partial charge in [0.1, 0.15) is 24.4 Å². The van der Waals surface area contributed by atoms with E-state index in [4.69, 9.17) is 9.47 Å². The Bertz CT molecular complexity index is 1270. The molecule has 0 saturated carbocycles. The van der Waals surface area contributed by atoms with Crippen LogP contribution < -0.4 is 5.32 Å². The lowest BCUT2D eigenvalue weighted by Crippen LogP contribution is -2.60. The first-order chi connectivity index (χ1) is 33.8. The molecule has 0 aliphatic carbocycles. The molecule has 9 nitrogen and oxygen atoms in total. The molecule has 1 fully saturated rings. The Morgan fingerprint density at radius 3 is 1.30 bits per heavy atom. The van der Waals surface area contributed by atoms with Gasteiger partial charge in [-0.15, -0.1) is 0 Å². The first-order valence-electron chi connectivity index (χ1n) is 29.0. The summed E-state index contributed by atoms with van der Waals surface area (Å²) in [6.07, 6.45) is 60.0. The van der Waals surface area contributed by atoms with E-state index in [0.29, 0.717) is 6.42 Å². The van der Waals surface area contributed by atoms with Gasteiger partial charge in [0.15, 0.2) is 6.29 Å². The van der Waals surface area contributed by atoms with E-state index < -0.39 is 49.5 Å². The molecule has 7 unspecified atom stereocenters. The Morgan fingerprint density at radius 1 is 0.493 bits per heavy atom. The molecule has 402 valence electrons. The largest absolute Gasteiger partial charge is 0.394 e. The topological polar surface area (TPSA) is 149 Å². The highest BCUT2D eigenvalue weighted by molar-refractivity contribution is 5.76. The Morgan fingerprint density at radius 2 is 0.870 bits per heavy atom. The maximum atomic E-state index is 13.1. The number of hydrogen-bond donors (Lipinski definition) is 6. The fraction of sp³-hybridized carbons (Fsp3) is 0.817. The Balaban J connectivity index is 2.24. The third kappa shape index (κ3) is 39.1. The number of rotatable bonds is 49. The second-order valence-electron chi connectivity index (χ2n) is 20.1. The molecule has 1 aliphatic heterocycles. The van der Waals surface area contributed by atoms with E-state index in [1.807, 2.05) is 6.08 Å². The molecule has 1 heterocycles. The molecule has 1 aliphatic rings. The molecule has 1 saturated heterocycles. The first kappa shape index (κ1) is 64.9. The molecule has 7 atom stereocenters. The molecule has 0 radical (unpaired) electrons. The molecule has 69 heavy (non-hydrogen) atoms. The third-order valence-electron chi connectivity index (χ3n) is 13.5. The van der Waals surface area contributed by atoms with E-state index in [9.17, 15) is 30.3 Å². The second-order valence-corrected chi connectivity index (χ2v) is 20.1. The number of aliphatic hydroxyl groups is 5. The monoisotopic (exact) mass is 972 g/mol. The lowest BCUT2D eigenvalue weighted by molar-refractivity contribution is -0.302. The van der Waals surface area contributed by atoms with Gasteiger partial charge in [0.05, 0.1) is 25.4 Å². The zero-order valence-electron chi connectivity index (χ0n) is 44.6. The highest BCUT2D eigenvalue weighted by Gasteiger charge is 2.44. The van der Waals surface area contributed by atoms with E-state index in [2.05, 4.69) is 67.8 Å². The smallest absolute Gasteiger partial charge is 0.220 e. The number of carbonyl (C=O) groups is 1. The summed E-state index contributed by atoms with van der Waals surface area (Å²) >= 11 is 0. The van der Waals surface area contributed by atoms with Gasteiger partial charge in [-0.25, -0.2) is 0 Å². The standard InChI is InChI=1S/C60H109NO8/c1-3-5-7-9-11-13-15-17-19-21-23-24-25-26-27-28-29-30-32-34-36-38-40-42-44-46-48-50-56(64)61-53(52-68-60-59(67)58(66)57(65)55(51-62)69-60)54(63)49-47-45-43-41-39-37-35-33-31-22-20-18-16-14-12-10-8-6-4-2/h15,17,21,23,31,33,39,41,47,49,53-55,57-60,62-63,65-67H,3-14,16,18-20,22,24-30,32,34-38,40,42-46,48,50-52H2,1-2H3,(H,61,64)/b17-15-,23-21-,33-31+,41-39+,49-47+. The Labute approximate surface area is 424 Å². The number of carbonyl (C=O) groups excluding carboxylic acids is 1. The van der Waals surface area contributed by atoms with Crippen LogP contribution in [0.25, 0.3) is 0 Å². The highest BCUT2D eigenvalue weighted by Crippen LogP contribution is 2.23. The van der Waals surface area contributed by atoms with Crippen molar-refractivity contribution in [2.75, 3.05) is 13.2 Å². The average Bonchev–Trinajstić information content (AvgIpc) is 3.35. The van der Waals surface area contributed by atoms with Crippen molar-refractivity contribution in [2.24, 2.45) is 0 Å². The third-order valence-corrected chi connectivity index (χ3v) is 13.5. The quantitative estimate of drug-likeness (QED) is 0.0261. The van der Waals surface area contributed by atoms with Crippen LogP contribution in [0, 0.1) is 0 Å². The van der Waals surface area contributed by atoms with E-state index in [0.717, 1.165) is 51.4 Å². The van der Waals surface area contributed by atoms with E-state index in [1.54, 1.807) is 6.08 Å². The first-order valence-corrected chi connectivity index (χ1v) is 29.0. The number of unbranched alkanes of at least 4 members (excludes halogenated alkanes) is 31. The molecule has 0 aromatic carbocycles. The van der Waals surface area contributed by atoms with E-state index >= 15 is 0 Å². The van der Waals surface area contributed by atoms with Crippen LogP contribution in [0.2, 0.25) is 0 Å². The zero-order valence-corrected chi connectivity index (χ0v) is 44.6. The summed E-state index contributed by atoms with van der Waals surface area (Å²) in [5, 5.41) is 54.5. The van der Waals surface area contributed by atoms with Crippen molar-refractivity contribution < 1.29 is 39.8 Å². The molecule has 0 aromatic heterocycles. The van der Waals surface area contributed by atoms with Crippen LogP contribution in [-0.4, -0.2) is 87.5 Å². The minimum Gasteiger partial charge on any atom is -0.394 e. The van der Waals surface area contributed by atoms with Crippen LogP contribution in [-0.2, 0) is 14.3 Å². The molecule has 1 rings (SSSR count). The number of hydrogen-bond acceptors (Lipinski definition) is 8. The molecular formula is C60H109NO8. The Kier molecular flexibility index (Phi) is 46.5. The van der Waals surface area contributed by atoms with Gasteiger partial charge in [0, 0.05) is 6.42 Å². The molecule has 1 amide bonds. The Hall–Kier alpha value is -2.11. The number of amides is 1. The summed E-state index contributed by atoms with van der Waals surface area (Å²) in [5.74, 6) is -0.190. The summed E-state index contributed by atoms with van der Waals surface area (Å²) in [6.45, 7) is 3.76. The SMILES string of the molecule is CCCCCCC/C=C\C/C=C\CCCCCCCCCCCCCCCCCC(=O)NC(COC1OC(CO)C(O)C(O)C1O)C(O)/C=C/CC/C=C/CC/C=C/CCCCCCCCCCC.